The maximum atomic E-state index is 12.4. The zero-order valence-electron chi connectivity index (χ0n) is 10.4. The average Bonchev–Trinajstić information content (AvgIpc) is 2.34. The van der Waals surface area contributed by atoms with Gasteiger partial charge in [-0.15, -0.1) is 10.2 Å². The third-order valence-electron chi connectivity index (χ3n) is 2.27. The fourth-order valence-corrected chi connectivity index (χ4v) is 1.35. The lowest BCUT2D eigenvalue weighted by Crippen LogP contribution is -2.43. The number of hydrogen-bond donors (Lipinski definition) is 2. The van der Waals surface area contributed by atoms with E-state index in [-0.39, 0.29) is 11.5 Å². The van der Waals surface area contributed by atoms with Gasteiger partial charge in [0.05, 0.1) is 0 Å². The molecule has 1 heterocycles. The van der Waals surface area contributed by atoms with Crippen LogP contribution in [0.25, 0.3) is 0 Å². The predicted molar refractivity (Wildman–Crippen MR) is 62.1 cm³/mol. The molecule has 0 bridgehead atoms. The third kappa shape index (κ3) is 4.36. The summed E-state index contributed by atoms with van der Waals surface area (Å²) in [5, 5.41) is 7.07. The minimum atomic E-state index is -4.47. The zero-order valence-corrected chi connectivity index (χ0v) is 10.4. The summed E-state index contributed by atoms with van der Waals surface area (Å²) < 4.78 is 37.2. The Bertz CT molecular complexity index is 432. The average molecular weight is 277 g/mol. The molecular weight excluding hydrogens is 263 g/mol. The van der Waals surface area contributed by atoms with Gasteiger partial charge in [-0.3, -0.25) is 4.79 Å². The Morgan fingerprint density at radius 3 is 2.42 bits per heavy atom. The summed E-state index contributed by atoms with van der Waals surface area (Å²) in [6.45, 7) is 1.65. The van der Waals surface area contributed by atoms with Gasteiger partial charge in [-0.05, 0) is 26.0 Å². The molecule has 0 aromatic carbocycles. The van der Waals surface area contributed by atoms with Crippen LogP contribution in [0.4, 0.5) is 19.0 Å². The molecule has 1 aromatic heterocycles. The van der Waals surface area contributed by atoms with Crippen molar-refractivity contribution in [2.75, 3.05) is 12.0 Å². The van der Waals surface area contributed by atoms with Gasteiger partial charge in [-0.2, -0.15) is 13.2 Å². The van der Waals surface area contributed by atoms with E-state index < -0.39 is 24.7 Å². The Morgan fingerprint density at radius 2 is 2.05 bits per heavy atom. The maximum Gasteiger partial charge on any atom is 0.406 e. The summed E-state index contributed by atoms with van der Waals surface area (Å²) in [5.41, 5.74) is 2.04. The molecule has 19 heavy (non-hydrogen) atoms. The van der Waals surface area contributed by atoms with Crippen molar-refractivity contribution >= 4 is 11.7 Å². The van der Waals surface area contributed by atoms with Crippen LogP contribution in [0.1, 0.15) is 24.3 Å². The maximum absolute atomic E-state index is 12.4. The first-order valence-corrected chi connectivity index (χ1v) is 5.42. The third-order valence-corrected chi connectivity index (χ3v) is 2.27. The lowest BCUT2D eigenvalue weighted by atomic mass is 10.2. The number of alkyl halides is 3. The summed E-state index contributed by atoms with van der Waals surface area (Å²) >= 11 is 0. The fraction of sp³-hybridized carbons (Fsp3) is 0.500. The van der Waals surface area contributed by atoms with Gasteiger partial charge >= 0.3 is 6.18 Å². The second-order valence-electron chi connectivity index (χ2n) is 4.09. The number of carbonyl (C=O) groups is 1. The quantitative estimate of drug-likeness (QED) is 0.637. The van der Waals surface area contributed by atoms with E-state index in [4.69, 9.17) is 5.84 Å². The number of nitrogens with one attached hydrogen (secondary N) is 1. The number of halogens is 3. The summed E-state index contributed by atoms with van der Waals surface area (Å²) in [6.07, 6.45) is -4.47. The number of nitrogens with zero attached hydrogens (tertiary/aromatic N) is 3. The van der Waals surface area contributed by atoms with Gasteiger partial charge in [0.15, 0.2) is 11.5 Å². The first kappa shape index (κ1) is 15.2. The van der Waals surface area contributed by atoms with Crippen molar-refractivity contribution in [3.63, 3.8) is 0 Å². The van der Waals surface area contributed by atoms with Crippen LogP contribution in [0.3, 0.4) is 0 Å². The van der Waals surface area contributed by atoms with Crippen LogP contribution in [-0.2, 0) is 0 Å². The van der Waals surface area contributed by atoms with Crippen molar-refractivity contribution in [3.8, 4) is 0 Å². The number of aromatic nitrogens is 2. The highest BCUT2D eigenvalue weighted by molar-refractivity contribution is 5.92. The summed E-state index contributed by atoms with van der Waals surface area (Å²) in [4.78, 5) is 12.6. The molecule has 1 amide bonds. The predicted octanol–water partition coefficient (Wildman–Crippen LogP) is 1.18. The molecule has 1 aromatic rings. The normalized spacial score (nSPS) is 11.5. The van der Waals surface area contributed by atoms with Crippen LogP contribution in [0.5, 0.6) is 0 Å². The molecule has 0 aliphatic rings. The molecule has 106 valence electrons. The van der Waals surface area contributed by atoms with E-state index in [1.165, 1.54) is 26.0 Å². The van der Waals surface area contributed by atoms with E-state index in [0.29, 0.717) is 4.90 Å². The van der Waals surface area contributed by atoms with E-state index in [1.807, 2.05) is 0 Å². The SMILES string of the molecule is CC(C)N(CC(F)(F)F)C(=O)c1ccc(NN)nn1. The van der Waals surface area contributed by atoms with Crippen molar-refractivity contribution in [1.82, 2.24) is 15.1 Å². The number of nitrogen functional groups attached to an aromatic ring is 1. The fourth-order valence-electron chi connectivity index (χ4n) is 1.35. The van der Waals surface area contributed by atoms with Crippen LogP contribution >= 0.6 is 0 Å². The molecule has 0 fully saturated rings. The number of rotatable bonds is 4. The smallest absolute Gasteiger partial charge is 0.326 e. The van der Waals surface area contributed by atoms with Gasteiger partial charge in [0.25, 0.3) is 5.91 Å². The summed E-state index contributed by atoms with van der Waals surface area (Å²) in [7, 11) is 0. The van der Waals surface area contributed by atoms with Gasteiger partial charge in [0.1, 0.15) is 6.54 Å². The molecule has 0 saturated carbocycles. The van der Waals surface area contributed by atoms with Crippen LogP contribution in [-0.4, -0.2) is 39.8 Å². The molecule has 1 rings (SSSR count). The number of amides is 1. The standard InChI is InChI=1S/C10H14F3N5O/c1-6(2)18(5-10(11,12)13)9(19)7-3-4-8(15-14)17-16-7/h3-4,6H,5,14H2,1-2H3,(H,15,17). The van der Waals surface area contributed by atoms with Crippen LogP contribution in [0.15, 0.2) is 12.1 Å². The molecular formula is C10H14F3N5O. The van der Waals surface area contributed by atoms with E-state index in [9.17, 15) is 18.0 Å². The van der Waals surface area contributed by atoms with Crippen molar-refractivity contribution < 1.29 is 18.0 Å². The molecule has 0 saturated heterocycles. The second-order valence-corrected chi connectivity index (χ2v) is 4.09. The topological polar surface area (TPSA) is 84.1 Å². The summed E-state index contributed by atoms with van der Waals surface area (Å²) in [5.74, 6) is 4.45. The van der Waals surface area contributed by atoms with Crippen molar-refractivity contribution in [3.05, 3.63) is 17.8 Å². The first-order chi connectivity index (χ1) is 8.74. The van der Waals surface area contributed by atoms with E-state index in [0.717, 1.165) is 0 Å². The molecule has 6 nitrogen and oxygen atoms in total. The minimum Gasteiger partial charge on any atom is -0.326 e. The van der Waals surface area contributed by atoms with Gasteiger partial charge in [0.2, 0.25) is 0 Å². The van der Waals surface area contributed by atoms with E-state index in [2.05, 4.69) is 15.6 Å². The zero-order chi connectivity index (χ0) is 14.6. The first-order valence-electron chi connectivity index (χ1n) is 5.42. The molecule has 0 spiro atoms. The monoisotopic (exact) mass is 277 g/mol. The molecule has 3 N–H and O–H groups in total. The molecule has 0 aliphatic carbocycles. The molecule has 0 atom stereocenters. The Kier molecular flexibility index (Phi) is 4.65. The number of hydrogen-bond acceptors (Lipinski definition) is 5. The molecule has 0 aliphatic heterocycles. The van der Waals surface area contributed by atoms with Gasteiger partial charge in [0, 0.05) is 6.04 Å². The Balaban J connectivity index is 2.92. The summed E-state index contributed by atoms with van der Waals surface area (Å²) in [6, 6.07) is 2.01. The Labute approximate surface area is 107 Å². The molecule has 0 radical (unpaired) electrons. The number of carbonyl (C=O) groups excluding carboxylic acids is 1. The van der Waals surface area contributed by atoms with Crippen molar-refractivity contribution in [1.29, 1.82) is 0 Å². The van der Waals surface area contributed by atoms with E-state index in [1.54, 1.807) is 0 Å². The molecule has 9 heteroatoms. The van der Waals surface area contributed by atoms with Crippen LogP contribution < -0.4 is 11.3 Å². The number of hydrazine groups is 1. The van der Waals surface area contributed by atoms with Gasteiger partial charge in [-0.1, -0.05) is 0 Å². The number of nitrogens with two attached hydrogens (primary N) is 1. The highest BCUT2D eigenvalue weighted by Gasteiger charge is 2.35. The minimum absolute atomic E-state index is 0.169. The van der Waals surface area contributed by atoms with Crippen molar-refractivity contribution in [2.45, 2.75) is 26.1 Å². The number of anilines is 1. The lowest BCUT2D eigenvalue weighted by Gasteiger charge is -2.27. The highest BCUT2D eigenvalue weighted by Crippen LogP contribution is 2.19. The lowest BCUT2D eigenvalue weighted by molar-refractivity contribution is -0.143. The van der Waals surface area contributed by atoms with Crippen LogP contribution in [0, 0.1) is 0 Å². The van der Waals surface area contributed by atoms with Gasteiger partial charge in [-0.25, -0.2) is 5.84 Å². The second kappa shape index (κ2) is 5.83. The highest BCUT2D eigenvalue weighted by atomic mass is 19.4. The Morgan fingerprint density at radius 1 is 1.42 bits per heavy atom. The molecule has 0 unspecified atom stereocenters. The van der Waals surface area contributed by atoms with Gasteiger partial charge < -0.3 is 10.3 Å². The Hall–Kier alpha value is -1.90. The van der Waals surface area contributed by atoms with E-state index >= 15 is 0 Å². The van der Waals surface area contributed by atoms with Crippen LogP contribution in [0.2, 0.25) is 0 Å². The largest absolute Gasteiger partial charge is 0.406 e. The van der Waals surface area contributed by atoms with Crippen molar-refractivity contribution in [2.24, 2.45) is 5.84 Å².